The van der Waals surface area contributed by atoms with Gasteiger partial charge in [0.2, 0.25) is 0 Å². The summed E-state index contributed by atoms with van der Waals surface area (Å²) in [5.74, 6) is -0.836. The average molecular weight is 330 g/mol. The summed E-state index contributed by atoms with van der Waals surface area (Å²) in [6.45, 7) is 4.19. The van der Waals surface area contributed by atoms with Gasteiger partial charge in [-0.2, -0.15) is 0 Å². The van der Waals surface area contributed by atoms with Crippen LogP contribution in [-0.2, 0) is 14.3 Å². The topological polar surface area (TPSA) is 73.3 Å². The Morgan fingerprint density at radius 1 is 1.64 bits per heavy atom. The molecule has 1 unspecified atom stereocenters. The summed E-state index contributed by atoms with van der Waals surface area (Å²) in [5, 5.41) is 0. The van der Waals surface area contributed by atoms with Gasteiger partial charge in [0, 0.05) is 25.1 Å². The summed E-state index contributed by atoms with van der Waals surface area (Å²) in [6, 6.07) is 1.29. The second-order valence-electron chi connectivity index (χ2n) is 5.44. The first-order valence-corrected chi connectivity index (χ1v) is 7.48. The van der Waals surface area contributed by atoms with Gasteiger partial charge in [-0.15, -0.1) is 0 Å². The van der Waals surface area contributed by atoms with Crippen molar-refractivity contribution in [3.63, 3.8) is 0 Å². The van der Waals surface area contributed by atoms with Crippen LogP contribution in [0.15, 0.2) is 17.1 Å². The molecule has 0 aliphatic carbocycles. The van der Waals surface area contributed by atoms with Gasteiger partial charge in [0.25, 0.3) is 5.56 Å². The third kappa shape index (κ3) is 2.85. The summed E-state index contributed by atoms with van der Waals surface area (Å²) in [7, 11) is 0. The Morgan fingerprint density at radius 3 is 2.82 bits per heavy atom. The molecule has 0 amide bonds. The van der Waals surface area contributed by atoms with Gasteiger partial charge in [-0.25, -0.2) is 4.39 Å². The van der Waals surface area contributed by atoms with Gasteiger partial charge in [-0.1, -0.05) is 13.8 Å². The van der Waals surface area contributed by atoms with Gasteiger partial charge in [0.1, 0.15) is 12.3 Å². The summed E-state index contributed by atoms with van der Waals surface area (Å²) in [4.78, 5) is 25.2. The number of carbonyl (C=O) groups excluding carboxylic acids is 1. The molecule has 1 aliphatic rings. The molecule has 1 aromatic rings. The highest BCUT2D eigenvalue weighted by atomic mass is 32.1. The zero-order valence-corrected chi connectivity index (χ0v) is 13.5. The van der Waals surface area contributed by atoms with Crippen molar-refractivity contribution in [2.24, 2.45) is 5.92 Å². The molecule has 1 aliphatic heterocycles. The lowest BCUT2D eigenvalue weighted by Gasteiger charge is -2.28. The molecule has 0 aromatic carbocycles. The average Bonchev–Trinajstić information content (AvgIpc) is 2.73. The number of halogens is 1. The maximum atomic E-state index is 13.6. The van der Waals surface area contributed by atoms with Gasteiger partial charge in [0.15, 0.2) is 17.1 Å². The van der Waals surface area contributed by atoms with E-state index in [2.05, 4.69) is 4.98 Å². The largest absolute Gasteiger partial charge is 0.457 e. The molecule has 4 atom stereocenters. The summed E-state index contributed by atoms with van der Waals surface area (Å²) < 4.78 is 26.5. The first-order valence-electron chi connectivity index (χ1n) is 7.07. The molecule has 1 N–H and O–H groups in total. The van der Waals surface area contributed by atoms with Crippen LogP contribution >= 0.6 is 12.2 Å². The molecule has 6 nitrogen and oxygen atoms in total. The fourth-order valence-electron chi connectivity index (χ4n) is 2.81. The normalized spacial score (nSPS) is 31.2. The monoisotopic (exact) mass is 330 g/mol. The van der Waals surface area contributed by atoms with Crippen LogP contribution in [0.5, 0.6) is 0 Å². The van der Waals surface area contributed by atoms with Crippen molar-refractivity contribution in [2.45, 2.75) is 45.1 Å². The minimum Gasteiger partial charge on any atom is -0.457 e. The lowest BCUT2D eigenvalue weighted by Crippen LogP contribution is -2.39. The Kier molecular flexibility index (Phi) is 4.81. The van der Waals surface area contributed by atoms with Crippen LogP contribution in [0.1, 0.15) is 33.4 Å². The van der Waals surface area contributed by atoms with Gasteiger partial charge >= 0.3 is 5.97 Å². The van der Waals surface area contributed by atoms with Crippen molar-refractivity contribution >= 4 is 18.2 Å². The van der Waals surface area contributed by atoms with Crippen molar-refractivity contribution < 1.29 is 18.7 Å². The van der Waals surface area contributed by atoms with E-state index in [0.717, 1.165) is 0 Å². The number of aromatic nitrogens is 2. The van der Waals surface area contributed by atoms with Crippen LogP contribution in [0.4, 0.5) is 4.39 Å². The maximum Gasteiger partial charge on any atom is 0.303 e. The number of esters is 1. The van der Waals surface area contributed by atoms with E-state index in [1.165, 1.54) is 23.8 Å². The van der Waals surface area contributed by atoms with Crippen LogP contribution in [0.3, 0.4) is 0 Å². The summed E-state index contributed by atoms with van der Waals surface area (Å²) in [6.07, 6.45) is 0.416. The van der Waals surface area contributed by atoms with Gasteiger partial charge < -0.3 is 9.47 Å². The highest BCUT2D eigenvalue weighted by molar-refractivity contribution is 7.71. The van der Waals surface area contributed by atoms with E-state index in [1.54, 1.807) is 6.92 Å². The number of H-pyrrole nitrogens is 1. The van der Waals surface area contributed by atoms with Crippen molar-refractivity contribution in [1.82, 2.24) is 9.55 Å². The highest BCUT2D eigenvalue weighted by Crippen LogP contribution is 2.45. The Morgan fingerprint density at radius 2 is 2.32 bits per heavy atom. The summed E-state index contributed by atoms with van der Waals surface area (Å²) >= 11 is 5.12. The lowest BCUT2D eigenvalue weighted by molar-refractivity contribution is -0.154. The van der Waals surface area contributed by atoms with Gasteiger partial charge in [0.05, 0.1) is 0 Å². The van der Waals surface area contributed by atoms with Crippen molar-refractivity contribution in [2.75, 3.05) is 6.67 Å². The first kappa shape index (κ1) is 16.8. The fourth-order valence-corrected chi connectivity index (χ4v) is 3.07. The zero-order chi connectivity index (χ0) is 16.5. The highest BCUT2D eigenvalue weighted by Gasteiger charge is 2.54. The molecule has 0 radical (unpaired) electrons. The van der Waals surface area contributed by atoms with E-state index in [-0.39, 0.29) is 16.2 Å². The van der Waals surface area contributed by atoms with Crippen LogP contribution in [-0.4, -0.2) is 33.9 Å². The van der Waals surface area contributed by atoms with Crippen molar-refractivity contribution in [3.05, 3.63) is 27.4 Å². The molecular weight excluding hydrogens is 311 g/mol. The number of rotatable bonds is 4. The van der Waals surface area contributed by atoms with Crippen LogP contribution in [0, 0.1) is 10.7 Å². The predicted molar refractivity (Wildman–Crippen MR) is 79.7 cm³/mol. The molecule has 1 aromatic heterocycles. The Balaban J connectivity index is 2.49. The number of carbonyl (C=O) groups is 1. The molecule has 0 saturated carbocycles. The molecule has 122 valence electrons. The SMILES string of the molecule is CC[C@@]1(CF)OC(n2ccc(=O)[nH]c2=S)[C@H](OC(C)=O)[C@@H]1C. The van der Waals surface area contributed by atoms with Crippen molar-refractivity contribution in [3.8, 4) is 0 Å². The molecule has 2 heterocycles. The zero-order valence-electron chi connectivity index (χ0n) is 12.7. The van der Waals surface area contributed by atoms with Crippen molar-refractivity contribution in [1.29, 1.82) is 0 Å². The van der Waals surface area contributed by atoms with Gasteiger partial charge in [-0.3, -0.25) is 19.1 Å². The lowest BCUT2D eigenvalue weighted by atomic mass is 9.86. The number of aromatic amines is 1. The van der Waals surface area contributed by atoms with E-state index in [0.29, 0.717) is 6.42 Å². The molecule has 1 saturated heterocycles. The van der Waals surface area contributed by atoms with E-state index < -0.39 is 30.6 Å². The third-order valence-corrected chi connectivity index (χ3v) is 4.52. The Labute approximate surface area is 132 Å². The smallest absolute Gasteiger partial charge is 0.303 e. The summed E-state index contributed by atoms with van der Waals surface area (Å²) in [5.41, 5.74) is -1.39. The number of ether oxygens (including phenoxy) is 2. The third-order valence-electron chi connectivity index (χ3n) is 4.21. The standard InChI is InChI=1S/C14H19FN2O4S/c1-4-14(7-15)8(2)11(20-9(3)18)12(21-14)17-6-5-10(19)16-13(17)22/h5-6,8,11-12H,4,7H2,1-3H3,(H,16,19,22)/t8-,11+,12?,14-/m0/s1. The molecule has 0 spiro atoms. The Hall–Kier alpha value is -1.54. The van der Waals surface area contributed by atoms with Crippen LogP contribution in [0.25, 0.3) is 0 Å². The number of alkyl halides is 1. The fraction of sp³-hybridized carbons (Fsp3) is 0.643. The van der Waals surface area contributed by atoms with E-state index in [4.69, 9.17) is 21.7 Å². The molecule has 22 heavy (non-hydrogen) atoms. The first-order chi connectivity index (χ1) is 10.3. The number of nitrogens with zero attached hydrogens (tertiary/aromatic N) is 1. The van der Waals surface area contributed by atoms with Gasteiger partial charge in [-0.05, 0) is 18.6 Å². The maximum absolute atomic E-state index is 13.6. The number of nitrogens with one attached hydrogen (secondary N) is 1. The van der Waals surface area contributed by atoms with Crippen LogP contribution in [0.2, 0.25) is 0 Å². The second-order valence-corrected chi connectivity index (χ2v) is 5.83. The predicted octanol–water partition coefficient (Wildman–Crippen LogP) is 2.12. The molecule has 8 heteroatoms. The molecule has 2 rings (SSSR count). The molecular formula is C14H19FN2O4S. The Bertz CT molecular complexity index is 667. The second kappa shape index (κ2) is 6.29. The minimum atomic E-state index is -1.05. The van der Waals surface area contributed by atoms with E-state index in [1.807, 2.05) is 6.92 Å². The van der Waals surface area contributed by atoms with E-state index >= 15 is 0 Å². The number of hydrogen-bond donors (Lipinski definition) is 1. The minimum absolute atomic E-state index is 0.132. The molecule has 1 fully saturated rings. The quantitative estimate of drug-likeness (QED) is 0.676. The number of hydrogen-bond acceptors (Lipinski definition) is 5. The van der Waals surface area contributed by atoms with Crippen LogP contribution < -0.4 is 5.56 Å². The molecule has 0 bridgehead atoms. The van der Waals surface area contributed by atoms with E-state index in [9.17, 15) is 14.0 Å².